The van der Waals surface area contributed by atoms with Crippen molar-refractivity contribution in [3.05, 3.63) is 10.5 Å². The predicted octanol–water partition coefficient (Wildman–Crippen LogP) is 0.543. The van der Waals surface area contributed by atoms with Gasteiger partial charge in [-0.15, -0.1) is 11.8 Å². The maximum atomic E-state index is 11.0. The van der Waals surface area contributed by atoms with Crippen LogP contribution < -0.4 is 0 Å². The summed E-state index contributed by atoms with van der Waals surface area (Å²) in [6.45, 7) is -0.0303. The summed E-state index contributed by atoms with van der Waals surface area (Å²) in [5.74, 6) is 0.553. The number of carbonyl (C=O) groups excluding carboxylic acids is 1. The number of hydrogen-bond donors (Lipinski definition) is 1. The van der Waals surface area contributed by atoms with Crippen LogP contribution in [0.25, 0.3) is 0 Å². The molecule has 0 saturated carbocycles. The van der Waals surface area contributed by atoms with Crippen LogP contribution in [0.15, 0.2) is 10.5 Å². The zero-order valence-corrected chi connectivity index (χ0v) is 7.11. The largest absolute Gasteiger partial charge is 0.465 e. The number of ether oxygens (including phenoxy) is 1. The first-order chi connectivity index (χ1) is 5.29. The number of methoxy groups -OCH3 is 1. The summed E-state index contributed by atoms with van der Waals surface area (Å²) in [5, 5.41) is 8.80. The maximum absolute atomic E-state index is 11.0. The van der Waals surface area contributed by atoms with Crippen LogP contribution in [0.5, 0.6) is 0 Å². The summed E-state index contributed by atoms with van der Waals surface area (Å²) in [4.78, 5) is 11.6. The van der Waals surface area contributed by atoms with Gasteiger partial charge in [0.2, 0.25) is 0 Å². The van der Waals surface area contributed by atoms with Gasteiger partial charge in [0.25, 0.3) is 0 Å². The lowest BCUT2D eigenvalue weighted by Gasteiger charge is -2.00. The van der Waals surface area contributed by atoms with Crippen LogP contribution in [-0.4, -0.2) is 30.5 Å². The van der Waals surface area contributed by atoms with Crippen LogP contribution >= 0.6 is 11.8 Å². The zero-order valence-electron chi connectivity index (χ0n) is 6.29. The summed E-state index contributed by atoms with van der Waals surface area (Å²) in [7, 11) is 1.35. The topological polar surface area (TPSA) is 46.5 Å². The lowest BCUT2D eigenvalue weighted by atomic mass is 10.2. The summed E-state index contributed by atoms with van der Waals surface area (Å²) in [5.41, 5.74) is 0.807. The predicted molar refractivity (Wildman–Crippen MR) is 43.2 cm³/mol. The van der Waals surface area contributed by atoms with Crippen molar-refractivity contribution in [3.63, 3.8) is 0 Å². The third-order valence-corrected chi connectivity index (χ3v) is 2.69. The van der Waals surface area contributed by atoms with E-state index in [1.807, 2.05) is 0 Å². The van der Waals surface area contributed by atoms with Crippen molar-refractivity contribution in [3.8, 4) is 0 Å². The average Bonchev–Trinajstić information content (AvgIpc) is 2.50. The SMILES string of the molecule is COC(=O)C1=C(CO)CCS1. The summed E-state index contributed by atoms with van der Waals surface area (Å²) < 4.78 is 4.54. The minimum atomic E-state index is -0.323. The molecule has 0 aromatic heterocycles. The summed E-state index contributed by atoms with van der Waals surface area (Å²) >= 11 is 1.45. The molecule has 3 nitrogen and oxygen atoms in total. The zero-order chi connectivity index (χ0) is 8.27. The molecule has 0 atom stereocenters. The van der Waals surface area contributed by atoms with Gasteiger partial charge in [-0.3, -0.25) is 0 Å². The molecule has 0 radical (unpaired) electrons. The molecule has 0 aromatic rings. The molecule has 0 spiro atoms. The van der Waals surface area contributed by atoms with Gasteiger partial charge in [-0.2, -0.15) is 0 Å². The third-order valence-electron chi connectivity index (χ3n) is 1.53. The molecule has 0 saturated heterocycles. The smallest absolute Gasteiger partial charge is 0.344 e. The van der Waals surface area contributed by atoms with Crippen LogP contribution in [0, 0.1) is 0 Å². The summed E-state index contributed by atoms with van der Waals surface area (Å²) in [6.07, 6.45) is 0.797. The van der Waals surface area contributed by atoms with Crippen molar-refractivity contribution >= 4 is 17.7 Å². The van der Waals surface area contributed by atoms with Gasteiger partial charge in [0.05, 0.1) is 18.6 Å². The second-order valence-electron chi connectivity index (χ2n) is 2.18. The molecule has 11 heavy (non-hydrogen) atoms. The van der Waals surface area contributed by atoms with E-state index in [0.29, 0.717) is 4.91 Å². The number of hydrogen-bond acceptors (Lipinski definition) is 4. The molecular formula is C7H10O3S. The van der Waals surface area contributed by atoms with Crippen molar-refractivity contribution in [1.29, 1.82) is 0 Å². The van der Waals surface area contributed by atoms with Gasteiger partial charge in [0.15, 0.2) is 0 Å². The Balaban J connectivity index is 2.74. The molecule has 4 heteroatoms. The number of esters is 1. The molecule has 1 N–H and O–H groups in total. The van der Waals surface area contributed by atoms with Crippen molar-refractivity contribution in [2.75, 3.05) is 19.5 Å². The van der Waals surface area contributed by atoms with Crippen LogP contribution in [0.3, 0.4) is 0 Å². The highest BCUT2D eigenvalue weighted by Crippen LogP contribution is 2.31. The standard InChI is InChI=1S/C7H10O3S/c1-10-7(9)6-5(4-8)2-3-11-6/h8H,2-4H2,1H3. The fraction of sp³-hybridized carbons (Fsp3) is 0.571. The first-order valence-electron chi connectivity index (χ1n) is 3.33. The van der Waals surface area contributed by atoms with Gasteiger partial charge in [-0.25, -0.2) is 4.79 Å². The van der Waals surface area contributed by atoms with Crippen molar-refractivity contribution in [2.24, 2.45) is 0 Å². The fourth-order valence-corrected chi connectivity index (χ4v) is 2.06. The molecule has 1 aliphatic heterocycles. The Hall–Kier alpha value is -0.480. The molecule has 62 valence electrons. The van der Waals surface area contributed by atoms with E-state index in [4.69, 9.17) is 5.11 Å². The van der Waals surface area contributed by atoms with Crippen molar-refractivity contribution in [1.82, 2.24) is 0 Å². The number of carbonyl (C=O) groups is 1. The maximum Gasteiger partial charge on any atom is 0.344 e. The lowest BCUT2D eigenvalue weighted by molar-refractivity contribution is -0.135. The summed E-state index contributed by atoms with van der Waals surface area (Å²) in [6, 6.07) is 0. The van der Waals surface area contributed by atoms with Crippen LogP contribution in [-0.2, 0) is 9.53 Å². The number of thioether (sulfide) groups is 1. The molecule has 0 bridgehead atoms. The van der Waals surface area contributed by atoms with E-state index >= 15 is 0 Å². The van der Waals surface area contributed by atoms with E-state index in [2.05, 4.69) is 4.74 Å². The molecule has 1 rings (SSSR count). The van der Waals surface area contributed by atoms with Crippen LogP contribution in [0.1, 0.15) is 6.42 Å². The Morgan fingerprint density at radius 3 is 3.09 bits per heavy atom. The Kier molecular flexibility index (Phi) is 2.96. The van der Waals surface area contributed by atoms with E-state index in [1.165, 1.54) is 18.9 Å². The van der Waals surface area contributed by atoms with Crippen LogP contribution in [0.2, 0.25) is 0 Å². The second kappa shape index (κ2) is 3.78. The minimum absolute atomic E-state index is 0.0303. The van der Waals surface area contributed by atoms with Gasteiger partial charge in [0, 0.05) is 5.75 Å². The van der Waals surface area contributed by atoms with Gasteiger partial charge in [0.1, 0.15) is 0 Å². The molecule has 1 heterocycles. The molecule has 0 amide bonds. The first-order valence-corrected chi connectivity index (χ1v) is 4.32. The number of aliphatic hydroxyl groups excluding tert-OH is 1. The quantitative estimate of drug-likeness (QED) is 0.621. The van der Waals surface area contributed by atoms with Crippen LogP contribution in [0.4, 0.5) is 0 Å². The number of aliphatic hydroxyl groups is 1. The highest BCUT2D eigenvalue weighted by Gasteiger charge is 2.21. The van der Waals surface area contributed by atoms with E-state index in [9.17, 15) is 4.79 Å². The van der Waals surface area contributed by atoms with Gasteiger partial charge in [-0.05, 0) is 12.0 Å². The Labute approximate surface area is 69.4 Å². The highest BCUT2D eigenvalue weighted by atomic mass is 32.2. The fourth-order valence-electron chi connectivity index (χ4n) is 0.939. The molecule has 0 aromatic carbocycles. The second-order valence-corrected chi connectivity index (χ2v) is 3.29. The monoisotopic (exact) mass is 174 g/mol. The molecule has 0 aliphatic carbocycles. The molecule has 0 unspecified atom stereocenters. The van der Waals surface area contributed by atoms with E-state index in [0.717, 1.165) is 17.7 Å². The van der Waals surface area contributed by atoms with E-state index in [-0.39, 0.29) is 12.6 Å². The van der Waals surface area contributed by atoms with Gasteiger partial charge < -0.3 is 9.84 Å². The normalized spacial score (nSPS) is 17.3. The van der Waals surface area contributed by atoms with E-state index < -0.39 is 0 Å². The highest BCUT2D eigenvalue weighted by molar-refractivity contribution is 8.04. The lowest BCUT2D eigenvalue weighted by Crippen LogP contribution is -2.03. The van der Waals surface area contributed by atoms with E-state index in [1.54, 1.807) is 0 Å². The third kappa shape index (κ3) is 1.75. The molecule has 1 aliphatic rings. The molecule has 0 fully saturated rings. The average molecular weight is 174 g/mol. The number of rotatable bonds is 2. The minimum Gasteiger partial charge on any atom is -0.465 e. The van der Waals surface area contributed by atoms with Crippen molar-refractivity contribution in [2.45, 2.75) is 6.42 Å². The first kappa shape index (κ1) is 8.62. The Morgan fingerprint density at radius 2 is 2.55 bits per heavy atom. The van der Waals surface area contributed by atoms with Gasteiger partial charge in [-0.1, -0.05) is 0 Å². The molecular weight excluding hydrogens is 164 g/mol. The van der Waals surface area contributed by atoms with Crippen molar-refractivity contribution < 1.29 is 14.6 Å². The Morgan fingerprint density at radius 1 is 1.82 bits per heavy atom. The van der Waals surface area contributed by atoms with Gasteiger partial charge >= 0.3 is 5.97 Å². The Bertz CT molecular complexity index is 198.